The van der Waals surface area contributed by atoms with Gasteiger partial charge in [0.2, 0.25) is 0 Å². The molecule has 0 aromatic heterocycles. The summed E-state index contributed by atoms with van der Waals surface area (Å²) >= 11 is 6.14. The molecular weight excluding hydrogens is 422 g/mol. The molecule has 0 aliphatic carbocycles. The van der Waals surface area contributed by atoms with Gasteiger partial charge in [0, 0.05) is 16.1 Å². The van der Waals surface area contributed by atoms with Crippen molar-refractivity contribution in [3.8, 4) is 5.75 Å². The molecule has 1 atom stereocenters. The monoisotopic (exact) mass is 443 g/mol. The summed E-state index contributed by atoms with van der Waals surface area (Å²) in [5.74, 6) is 0.0689. The van der Waals surface area contributed by atoms with Crippen LogP contribution in [-0.2, 0) is 4.79 Å². The minimum Gasteiger partial charge on any atom is -0.481 e. The lowest BCUT2D eigenvalue weighted by Gasteiger charge is -2.19. The molecule has 0 aliphatic rings. The third-order valence-electron chi connectivity index (χ3n) is 5.18. The zero-order valence-electron chi connectivity index (χ0n) is 17.5. The Morgan fingerprint density at radius 2 is 1.59 bits per heavy atom. The highest BCUT2D eigenvalue weighted by Crippen LogP contribution is 2.26. The van der Waals surface area contributed by atoms with Crippen LogP contribution in [0.1, 0.15) is 29.3 Å². The van der Waals surface area contributed by atoms with E-state index in [4.69, 9.17) is 16.3 Å². The summed E-state index contributed by atoms with van der Waals surface area (Å²) in [7, 11) is 0. The van der Waals surface area contributed by atoms with E-state index in [9.17, 15) is 9.59 Å². The second kappa shape index (κ2) is 9.67. The molecule has 1 amide bonds. The molecule has 0 bridgehead atoms. The summed E-state index contributed by atoms with van der Waals surface area (Å²) in [5.41, 5.74) is 1.25. The van der Waals surface area contributed by atoms with E-state index in [1.54, 1.807) is 42.5 Å². The van der Waals surface area contributed by atoms with Gasteiger partial charge in [-0.05, 0) is 47.5 Å². The SMILES string of the molecule is CC[C@@H](Oc1ccc2ccccc2c1)C(=O)Nc1ccc(Cl)cc1C(=O)c1ccccc1. The standard InChI is InChI=1S/C27H22ClNO3/c1-2-25(32-22-14-12-18-8-6-7-11-20(18)16-22)27(31)29-24-15-13-21(28)17-23(24)26(30)19-9-4-3-5-10-19/h3-17,25H,2H2,1H3,(H,29,31)/t25-/m1/s1. The number of ether oxygens (including phenoxy) is 1. The summed E-state index contributed by atoms with van der Waals surface area (Å²) in [5, 5.41) is 5.41. The zero-order valence-corrected chi connectivity index (χ0v) is 18.3. The summed E-state index contributed by atoms with van der Waals surface area (Å²) in [6.07, 6.45) is -0.250. The van der Waals surface area contributed by atoms with Crippen LogP contribution in [0.25, 0.3) is 10.8 Å². The van der Waals surface area contributed by atoms with Crippen LogP contribution in [0, 0.1) is 0 Å². The van der Waals surface area contributed by atoms with E-state index in [0.717, 1.165) is 10.8 Å². The van der Waals surface area contributed by atoms with Crippen LogP contribution in [0.3, 0.4) is 0 Å². The molecule has 32 heavy (non-hydrogen) atoms. The van der Waals surface area contributed by atoms with Gasteiger partial charge in [-0.3, -0.25) is 9.59 Å². The highest BCUT2D eigenvalue weighted by molar-refractivity contribution is 6.31. The fourth-order valence-electron chi connectivity index (χ4n) is 3.50. The molecule has 0 saturated heterocycles. The number of rotatable bonds is 7. The normalized spacial score (nSPS) is 11.7. The third-order valence-corrected chi connectivity index (χ3v) is 5.42. The number of ketones is 1. The maximum absolute atomic E-state index is 13.0. The fraction of sp³-hybridized carbons (Fsp3) is 0.111. The van der Waals surface area contributed by atoms with E-state index in [0.29, 0.717) is 34.0 Å². The van der Waals surface area contributed by atoms with Gasteiger partial charge < -0.3 is 10.1 Å². The Hall–Kier alpha value is -3.63. The van der Waals surface area contributed by atoms with E-state index in [2.05, 4.69) is 5.32 Å². The Labute approximate surface area is 191 Å². The van der Waals surface area contributed by atoms with Crippen molar-refractivity contribution in [3.63, 3.8) is 0 Å². The number of carbonyl (C=O) groups excluding carboxylic acids is 2. The van der Waals surface area contributed by atoms with Crippen molar-refractivity contribution < 1.29 is 14.3 Å². The predicted octanol–water partition coefficient (Wildman–Crippen LogP) is 6.52. The fourth-order valence-corrected chi connectivity index (χ4v) is 3.67. The van der Waals surface area contributed by atoms with E-state index in [1.807, 2.05) is 55.5 Å². The summed E-state index contributed by atoms with van der Waals surface area (Å²) in [6, 6.07) is 27.4. The minimum atomic E-state index is -0.716. The molecule has 0 saturated carbocycles. The first-order valence-electron chi connectivity index (χ1n) is 10.4. The number of fused-ring (bicyclic) bond motifs is 1. The minimum absolute atomic E-state index is 0.216. The Morgan fingerprint density at radius 1 is 0.875 bits per heavy atom. The number of anilines is 1. The van der Waals surface area contributed by atoms with Crippen molar-refractivity contribution in [1.29, 1.82) is 0 Å². The van der Waals surface area contributed by atoms with Crippen LogP contribution < -0.4 is 10.1 Å². The quantitative estimate of drug-likeness (QED) is 0.331. The molecule has 4 aromatic rings. The van der Waals surface area contributed by atoms with Crippen molar-refractivity contribution >= 4 is 39.8 Å². The highest BCUT2D eigenvalue weighted by Gasteiger charge is 2.22. The Balaban J connectivity index is 1.56. The molecule has 4 aromatic carbocycles. The molecule has 0 spiro atoms. The van der Waals surface area contributed by atoms with Gasteiger partial charge in [-0.2, -0.15) is 0 Å². The first-order valence-corrected chi connectivity index (χ1v) is 10.8. The molecule has 0 fully saturated rings. The Bertz CT molecular complexity index is 1270. The van der Waals surface area contributed by atoms with Crippen LogP contribution >= 0.6 is 11.6 Å². The Kier molecular flexibility index (Phi) is 6.52. The molecule has 0 radical (unpaired) electrons. The lowest BCUT2D eigenvalue weighted by Crippen LogP contribution is -2.33. The van der Waals surface area contributed by atoms with Gasteiger partial charge in [0.15, 0.2) is 11.9 Å². The van der Waals surface area contributed by atoms with E-state index in [-0.39, 0.29) is 11.7 Å². The smallest absolute Gasteiger partial charge is 0.265 e. The number of nitrogens with one attached hydrogen (secondary N) is 1. The highest BCUT2D eigenvalue weighted by atomic mass is 35.5. The second-order valence-electron chi connectivity index (χ2n) is 7.40. The number of halogens is 1. The summed E-state index contributed by atoms with van der Waals surface area (Å²) in [6.45, 7) is 1.88. The van der Waals surface area contributed by atoms with Gasteiger partial charge >= 0.3 is 0 Å². The number of hydrogen-bond donors (Lipinski definition) is 1. The third kappa shape index (κ3) is 4.82. The molecule has 4 nitrogen and oxygen atoms in total. The van der Waals surface area contributed by atoms with Gasteiger partial charge in [-0.15, -0.1) is 0 Å². The van der Waals surface area contributed by atoms with Crippen molar-refractivity contribution in [2.24, 2.45) is 0 Å². The average Bonchev–Trinajstić information content (AvgIpc) is 2.83. The first kappa shape index (κ1) is 21.6. The topological polar surface area (TPSA) is 55.4 Å². The molecule has 0 unspecified atom stereocenters. The van der Waals surface area contributed by atoms with Crippen LogP contribution in [0.5, 0.6) is 5.75 Å². The van der Waals surface area contributed by atoms with Crippen molar-refractivity contribution in [1.82, 2.24) is 0 Å². The van der Waals surface area contributed by atoms with Crippen LogP contribution in [0.15, 0.2) is 91.0 Å². The van der Waals surface area contributed by atoms with Gasteiger partial charge in [0.1, 0.15) is 5.75 Å². The number of amides is 1. The second-order valence-corrected chi connectivity index (χ2v) is 7.83. The van der Waals surface area contributed by atoms with Crippen LogP contribution in [0.4, 0.5) is 5.69 Å². The maximum Gasteiger partial charge on any atom is 0.265 e. The van der Waals surface area contributed by atoms with Crippen LogP contribution in [-0.4, -0.2) is 17.8 Å². The van der Waals surface area contributed by atoms with E-state index in [1.165, 1.54) is 0 Å². The largest absolute Gasteiger partial charge is 0.481 e. The average molecular weight is 444 g/mol. The van der Waals surface area contributed by atoms with Crippen molar-refractivity contribution in [2.75, 3.05) is 5.32 Å². The summed E-state index contributed by atoms with van der Waals surface area (Å²) < 4.78 is 5.99. The molecule has 4 rings (SSSR count). The summed E-state index contributed by atoms with van der Waals surface area (Å²) in [4.78, 5) is 26.0. The molecule has 160 valence electrons. The van der Waals surface area contributed by atoms with E-state index >= 15 is 0 Å². The predicted molar refractivity (Wildman–Crippen MR) is 129 cm³/mol. The molecule has 0 heterocycles. The lowest BCUT2D eigenvalue weighted by atomic mass is 10.0. The number of hydrogen-bond acceptors (Lipinski definition) is 3. The van der Waals surface area contributed by atoms with Crippen molar-refractivity contribution in [3.05, 3.63) is 107 Å². The van der Waals surface area contributed by atoms with Gasteiger partial charge in [-0.25, -0.2) is 0 Å². The molecule has 5 heteroatoms. The lowest BCUT2D eigenvalue weighted by molar-refractivity contribution is -0.122. The van der Waals surface area contributed by atoms with Crippen LogP contribution in [0.2, 0.25) is 5.02 Å². The first-order chi connectivity index (χ1) is 15.5. The van der Waals surface area contributed by atoms with Gasteiger partial charge in [0.25, 0.3) is 5.91 Å². The molecule has 1 N–H and O–H groups in total. The van der Waals surface area contributed by atoms with Crippen molar-refractivity contribution in [2.45, 2.75) is 19.4 Å². The number of carbonyl (C=O) groups is 2. The molecule has 0 aliphatic heterocycles. The molecular formula is C27H22ClNO3. The van der Waals surface area contributed by atoms with E-state index < -0.39 is 6.10 Å². The van der Waals surface area contributed by atoms with Gasteiger partial charge in [-0.1, -0.05) is 79.2 Å². The van der Waals surface area contributed by atoms with Gasteiger partial charge in [0.05, 0.1) is 5.69 Å². The Morgan fingerprint density at radius 3 is 2.34 bits per heavy atom. The zero-order chi connectivity index (χ0) is 22.5. The maximum atomic E-state index is 13.0. The number of benzene rings is 4.